The van der Waals surface area contributed by atoms with Gasteiger partial charge in [0.25, 0.3) is 11.1 Å². The quantitative estimate of drug-likeness (QED) is 0.231. The van der Waals surface area contributed by atoms with Gasteiger partial charge in [-0.05, 0) is 66.8 Å². The fourth-order valence-electron chi connectivity index (χ4n) is 5.07. The van der Waals surface area contributed by atoms with Gasteiger partial charge in [0.05, 0.1) is 23.5 Å². The second kappa shape index (κ2) is 11.1. The van der Waals surface area contributed by atoms with Gasteiger partial charge < -0.3 is 20.3 Å². The molecule has 0 spiro atoms. The average molecular weight is 579 g/mol. The fraction of sp³-hybridized carbons (Fsp3) is 0.156. The minimum absolute atomic E-state index is 0.000401. The lowest BCUT2D eigenvalue weighted by atomic mass is 10.0. The molecule has 5 aromatic rings. The Morgan fingerprint density at radius 2 is 1.88 bits per heavy atom. The molecule has 1 amide bonds. The largest absolute Gasteiger partial charge is 0.392 e. The molecule has 6 rings (SSSR count). The Bertz CT molecular complexity index is 2050. The number of nitrogens with one attached hydrogen (secondary N) is 2. The van der Waals surface area contributed by atoms with Crippen LogP contribution in [-0.4, -0.2) is 30.1 Å². The predicted octanol–water partition coefficient (Wildman–Crippen LogP) is 4.52. The van der Waals surface area contributed by atoms with Gasteiger partial charge in [0.15, 0.2) is 5.82 Å². The lowest BCUT2D eigenvalue weighted by Gasteiger charge is -2.16. The van der Waals surface area contributed by atoms with Crippen LogP contribution >= 0.6 is 0 Å². The molecule has 3 N–H and O–H groups in total. The Labute approximate surface area is 244 Å². The Morgan fingerprint density at radius 1 is 1.12 bits per heavy atom. The molecule has 1 fully saturated rings. The maximum Gasteiger partial charge on any atom is 0.293 e. The van der Waals surface area contributed by atoms with Crippen LogP contribution in [-0.2, 0) is 18.4 Å². The number of carbonyl (C=O) groups is 1. The standard InChI is InChI=1S/C32H27FN6O4/c1-3-28(41)35-20-6-4-7-21(14-20)36-30-32(43)38(2)15-26(37-30)22-8-5-9-27(23(22)16-40)39-17-34-25-13-19(18-10-11-18)12-24(33)29(25)31(39)42/h3-9,12-15,17-18,40H,1,10-11,16H2,2H3,(H,35,41)(H,36,37). The van der Waals surface area contributed by atoms with E-state index in [-0.39, 0.29) is 22.6 Å². The summed E-state index contributed by atoms with van der Waals surface area (Å²) in [5.41, 5.74) is 2.55. The van der Waals surface area contributed by atoms with Crippen molar-refractivity contribution in [2.24, 2.45) is 7.05 Å². The van der Waals surface area contributed by atoms with Crippen LogP contribution in [0.5, 0.6) is 0 Å². The van der Waals surface area contributed by atoms with E-state index in [1.54, 1.807) is 55.6 Å². The molecular weight excluding hydrogens is 551 g/mol. The summed E-state index contributed by atoms with van der Waals surface area (Å²) in [4.78, 5) is 47.2. The Kier molecular flexibility index (Phi) is 7.16. The monoisotopic (exact) mass is 578 g/mol. The van der Waals surface area contributed by atoms with E-state index in [1.807, 2.05) is 0 Å². The topological polar surface area (TPSA) is 131 Å². The lowest BCUT2D eigenvalue weighted by molar-refractivity contribution is -0.111. The van der Waals surface area contributed by atoms with Gasteiger partial charge >= 0.3 is 0 Å². The van der Waals surface area contributed by atoms with Crippen LogP contribution < -0.4 is 21.8 Å². The number of aliphatic hydroxyl groups excluding tert-OH is 1. The number of aliphatic hydroxyl groups is 1. The van der Waals surface area contributed by atoms with Crippen LogP contribution in [0, 0.1) is 5.82 Å². The van der Waals surface area contributed by atoms with Crippen LogP contribution in [0.4, 0.5) is 21.6 Å². The minimum atomic E-state index is -0.628. The lowest BCUT2D eigenvalue weighted by Crippen LogP contribution is -2.23. The molecule has 11 heteroatoms. The summed E-state index contributed by atoms with van der Waals surface area (Å²) in [6, 6.07) is 14.9. The van der Waals surface area contributed by atoms with Crippen LogP contribution in [0.15, 0.2) is 89.4 Å². The SMILES string of the molecule is C=CC(=O)Nc1cccc(Nc2nc(-c3cccc(-n4cnc5cc(C6CC6)cc(F)c5c4=O)c3CO)cn(C)c2=O)c1. The third-order valence-electron chi connectivity index (χ3n) is 7.38. The number of rotatable bonds is 8. The molecule has 0 aliphatic heterocycles. The normalized spacial score (nSPS) is 12.7. The Balaban J connectivity index is 1.42. The zero-order valence-corrected chi connectivity index (χ0v) is 23.2. The molecule has 0 bridgehead atoms. The van der Waals surface area contributed by atoms with Crippen LogP contribution in [0.1, 0.15) is 29.9 Å². The Hall–Kier alpha value is -5.42. The minimum Gasteiger partial charge on any atom is -0.392 e. The molecule has 0 radical (unpaired) electrons. The molecule has 1 saturated carbocycles. The zero-order valence-electron chi connectivity index (χ0n) is 23.2. The number of fused-ring (bicyclic) bond motifs is 1. The summed E-state index contributed by atoms with van der Waals surface area (Å²) in [6.07, 6.45) is 5.99. The van der Waals surface area contributed by atoms with Crippen molar-refractivity contribution >= 4 is 34.0 Å². The van der Waals surface area contributed by atoms with Crippen LogP contribution in [0.2, 0.25) is 0 Å². The number of anilines is 3. The van der Waals surface area contributed by atoms with Crippen molar-refractivity contribution in [1.82, 2.24) is 19.1 Å². The Morgan fingerprint density at radius 3 is 2.63 bits per heavy atom. The van der Waals surface area contributed by atoms with E-state index in [0.717, 1.165) is 24.5 Å². The number of hydrogen-bond donors (Lipinski definition) is 3. The van der Waals surface area contributed by atoms with Crippen molar-refractivity contribution in [2.45, 2.75) is 25.4 Å². The fourth-order valence-corrected chi connectivity index (χ4v) is 5.07. The molecule has 0 unspecified atom stereocenters. The first-order valence-electron chi connectivity index (χ1n) is 13.6. The van der Waals surface area contributed by atoms with Crippen molar-refractivity contribution in [3.05, 3.63) is 117 Å². The van der Waals surface area contributed by atoms with Crippen molar-refractivity contribution in [1.29, 1.82) is 0 Å². The van der Waals surface area contributed by atoms with Gasteiger partial charge in [-0.25, -0.2) is 14.4 Å². The van der Waals surface area contributed by atoms with Gasteiger partial charge in [-0.15, -0.1) is 0 Å². The van der Waals surface area contributed by atoms with Crippen molar-refractivity contribution in [2.75, 3.05) is 10.6 Å². The molecule has 3 aromatic carbocycles. The molecular formula is C32H27FN6O4. The van der Waals surface area contributed by atoms with E-state index >= 15 is 4.39 Å². The summed E-state index contributed by atoms with van der Waals surface area (Å²) in [5, 5.41) is 16.0. The van der Waals surface area contributed by atoms with E-state index in [1.165, 1.54) is 27.7 Å². The molecule has 1 aliphatic rings. The van der Waals surface area contributed by atoms with E-state index in [0.29, 0.717) is 39.8 Å². The highest BCUT2D eigenvalue weighted by atomic mass is 19.1. The third-order valence-corrected chi connectivity index (χ3v) is 7.38. The van der Waals surface area contributed by atoms with Gasteiger partial charge in [0.1, 0.15) is 17.5 Å². The van der Waals surface area contributed by atoms with Crippen molar-refractivity contribution < 1.29 is 14.3 Å². The van der Waals surface area contributed by atoms with E-state index in [4.69, 9.17) is 0 Å². The number of carbonyl (C=O) groups excluding carboxylic acids is 1. The molecule has 216 valence electrons. The zero-order chi connectivity index (χ0) is 30.2. The number of benzene rings is 3. The van der Waals surface area contributed by atoms with Crippen molar-refractivity contribution in [3.63, 3.8) is 0 Å². The average Bonchev–Trinajstić information content (AvgIpc) is 3.85. The van der Waals surface area contributed by atoms with Crippen LogP contribution in [0.3, 0.4) is 0 Å². The van der Waals surface area contributed by atoms with E-state index in [9.17, 15) is 19.5 Å². The molecule has 0 saturated heterocycles. The van der Waals surface area contributed by atoms with E-state index in [2.05, 4.69) is 27.2 Å². The summed E-state index contributed by atoms with van der Waals surface area (Å²) in [7, 11) is 1.57. The molecule has 43 heavy (non-hydrogen) atoms. The van der Waals surface area contributed by atoms with Gasteiger partial charge in [-0.2, -0.15) is 0 Å². The number of hydrogen-bond acceptors (Lipinski definition) is 7. The highest BCUT2D eigenvalue weighted by Gasteiger charge is 2.26. The molecule has 0 atom stereocenters. The number of halogens is 1. The summed E-state index contributed by atoms with van der Waals surface area (Å²) in [5.74, 6) is -0.705. The predicted molar refractivity (Wildman–Crippen MR) is 162 cm³/mol. The number of aromatic nitrogens is 4. The molecule has 1 aliphatic carbocycles. The van der Waals surface area contributed by atoms with Gasteiger partial charge in [-0.3, -0.25) is 19.0 Å². The number of nitrogens with zero attached hydrogens (tertiary/aromatic N) is 4. The highest BCUT2D eigenvalue weighted by Crippen LogP contribution is 2.41. The van der Waals surface area contributed by atoms with Gasteiger partial charge in [-0.1, -0.05) is 24.8 Å². The second-order valence-corrected chi connectivity index (χ2v) is 10.3. The van der Waals surface area contributed by atoms with Crippen molar-refractivity contribution in [3.8, 4) is 16.9 Å². The molecule has 2 heterocycles. The maximum atomic E-state index is 15.2. The summed E-state index contributed by atoms with van der Waals surface area (Å²) in [6.45, 7) is 2.97. The van der Waals surface area contributed by atoms with Gasteiger partial charge in [0.2, 0.25) is 5.91 Å². The third kappa shape index (κ3) is 5.33. The first-order valence-corrected chi connectivity index (χ1v) is 13.6. The first kappa shape index (κ1) is 27.7. The number of aryl methyl sites for hydroxylation is 1. The number of amides is 1. The van der Waals surface area contributed by atoms with Crippen LogP contribution in [0.25, 0.3) is 27.8 Å². The molecule has 2 aromatic heterocycles. The summed E-state index contributed by atoms with van der Waals surface area (Å²) >= 11 is 0. The smallest absolute Gasteiger partial charge is 0.293 e. The maximum absolute atomic E-state index is 15.2. The highest BCUT2D eigenvalue weighted by molar-refractivity contribution is 5.99. The summed E-state index contributed by atoms with van der Waals surface area (Å²) < 4.78 is 17.7. The first-order chi connectivity index (χ1) is 20.8. The van der Waals surface area contributed by atoms with E-state index < -0.39 is 23.5 Å². The van der Waals surface area contributed by atoms with Gasteiger partial charge in [0, 0.05) is 35.7 Å². The second-order valence-electron chi connectivity index (χ2n) is 10.3. The molecule has 10 nitrogen and oxygen atoms in total.